The molecule has 0 saturated carbocycles. The second-order valence-corrected chi connectivity index (χ2v) is 8.13. The number of hydrogen-bond donors (Lipinski definition) is 1. The fourth-order valence-electron chi connectivity index (χ4n) is 3.42. The van der Waals surface area contributed by atoms with E-state index < -0.39 is 0 Å². The highest BCUT2D eigenvalue weighted by atomic mass is 32.2. The number of aliphatic imine (C=N–C) groups is 1. The molecule has 0 unspecified atom stereocenters. The maximum absolute atomic E-state index is 6.08. The van der Waals surface area contributed by atoms with Crippen molar-refractivity contribution in [2.75, 3.05) is 30.8 Å². The van der Waals surface area contributed by atoms with Gasteiger partial charge in [-0.1, -0.05) is 54.6 Å². The van der Waals surface area contributed by atoms with E-state index in [4.69, 9.17) is 10.7 Å². The first-order chi connectivity index (χ1) is 14.2. The van der Waals surface area contributed by atoms with Crippen molar-refractivity contribution in [1.82, 2.24) is 0 Å². The van der Waals surface area contributed by atoms with Gasteiger partial charge < -0.3 is 10.6 Å². The van der Waals surface area contributed by atoms with Gasteiger partial charge in [0.15, 0.2) is 0 Å². The van der Waals surface area contributed by atoms with Gasteiger partial charge >= 0.3 is 0 Å². The Labute approximate surface area is 177 Å². The number of nitrogen functional groups attached to an aromatic ring is 1. The first-order valence-electron chi connectivity index (χ1n) is 9.80. The van der Waals surface area contributed by atoms with Gasteiger partial charge in [-0.3, -0.25) is 4.99 Å². The third-order valence-electron chi connectivity index (χ3n) is 5.00. The highest BCUT2D eigenvalue weighted by Crippen LogP contribution is 2.29. The summed E-state index contributed by atoms with van der Waals surface area (Å²) in [6.45, 7) is 1.71. The highest BCUT2D eigenvalue weighted by molar-refractivity contribution is 7.98. The second kappa shape index (κ2) is 9.01. The fourth-order valence-corrected chi connectivity index (χ4v) is 4.40. The molecule has 1 aliphatic rings. The van der Waals surface area contributed by atoms with Crippen molar-refractivity contribution in [2.45, 2.75) is 10.6 Å². The summed E-state index contributed by atoms with van der Waals surface area (Å²) in [4.78, 5) is 8.31. The number of thioether (sulfide) groups is 1. The highest BCUT2D eigenvalue weighted by Gasteiger charge is 2.13. The number of nitrogens with two attached hydrogens (primary N) is 1. The van der Waals surface area contributed by atoms with E-state index in [1.807, 2.05) is 30.0 Å². The lowest BCUT2D eigenvalue weighted by atomic mass is 10.1. The van der Waals surface area contributed by atoms with Crippen molar-refractivity contribution in [2.24, 2.45) is 4.99 Å². The first-order valence-corrected chi connectivity index (χ1v) is 10.8. The summed E-state index contributed by atoms with van der Waals surface area (Å²) in [5, 5.41) is 0. The number of allylic oxidation sites excluding steroid dienone is 1. The summed E-state index contributed by atoms with van der Waals surface area (Å²) in [6.07, 6.45) is 4.27. The van der Waals surface area contributed by atoms with Crippen LogP contribution in [0.25, 0.3) is 6.08 Å². The van der Waals surface area contributed by atoms with E-state index in [2.05, 4.69) is 78.7 Å². The minimum Gasteiger partial charge on any atom is -0.399 e. The molecule has 3 nitrogen and oxygen atoms in total. The summed E-state index contributed by atoms with van der Waals surface area (Å²) in [6, 6.07) is 25.1. The molecule has 0 aliphatic carbocycles. The second-order valence-electron chi connectivity index (χ2n) is 7.11. The van der Waals surface area contributed by atoms with E-state index in [-0.39, 0.29) is 0 Å². The largest absolute Gasteiger partial charge is 0.399 e. The zero-order valence-electron chi connectivity index (χ0n) is 16.6. The molecule has 4 heteroatoms. The number of benzene rings is 3. The van der Waals surface area contributed by atoms with Crippen LogP contribution in [0.1, 0.15) is 16.7 Å². The van der Waals surface area contributed by atoms with E-state index in [0.717, 1.165) is 35.8 Å². The van der Waals surface area contributed by atoms with Gasteiger partial charge in [-0.25, -0.2) is 0 Å². The van der Waals surface area contributed by atoms with Crippen LogP contribution in [0, 0.1) is 0 Å². The normalized spacial score (nSPS) is 13.8. The molecule has 0 amide bonds. The molecular weight excluding hydrogens is 374 g/mol. The van der Waals surface area contributed by atoms with Gasteiger partial charge in [0.25, 0.3) is 0 Å². The van der Waals surface area contributed by atoms with E-state index >= 15 is 0 Å². The third-order valence-corrected chi connectivity index (χ3v) is 6.16. The standard InChI is InChI=1S/C25H25N3S/c1-28-16-15-27-23(22-9-5-6-10-24(22)28)13-11-20-17-21(26)12-14-25(20)29-18-19-7-3-2-4-8-19/h2-14,17H,15-16,18,26H2,1H3/b13-11+. The summed E-state index contributed by atoms with van der Waals surface area (Å²) < 4.78 is 0. The van der Waals surface area contributed by atoms with Gasteiger partial charge in [0.1, 0.15) is 0 Å². The number of fused-ring (bicyclic) bond motifs is 1. The Morgan fingerprint density at radius 1 is 1.00 bits per heavy atom. The average molecular weight is 400 g/mol. The molecule has 3 aromatic carbocycles. The van der Waals surface area contributed by atoms with Crippen LogP contribution in [0.5, 0.6) is 0 Å². The smallest absolute Gasteiger partial charge is 0.0668 e. The minimum atomic E-state index is 0.775. The van der Waals surface area contributed by atoms with Crippen LogP contribution in [-0.2, 0) is 5.75 Å². The Hall–Kier alpha value is -2.98. The number of benzodiazepines with no additional fused rings is 1. The lowest BCUT2D eigenvalue weighted by Crippen LogP contribution is -2.20. The van der Waals surface area contributed by atoms with Crippen LogP contribution in [-0.4, -0.2) is 25.8 Å². The minimum absolute atomic E-state index is 0.775. The van der Waals surface area contributed by atoms with Crippen LogP contribution in [0.2, 0.25) is 0 Å². The molecule has 146 valence electrons. The lowest BCUT2D eigenvalue weighted by Gasteiger charge is -2.18. The molecule has 2 N–H and O–H groups in total. The number of nitrogens with zero attached hydrogens (tertiary/aromatic N) is 2. The predicted octanol–water partition coefficient (Wildman–Crippen LogP) is 5.51. The molecule has 0 atom stereocenters. The molecule has 0 bridgehead atoms. The van der Waals surface area contributed by atoms with Gasteiger partial charge in [-0.15, -0.1) is 11.8 Å². The summed E-state index contributed by atoms with van der Waals surface area (Å²) in [5.74, 6) is 0.931. The van der Waals surface area contributed by atoms with Crippen LogP contribution in [0.15, 0.2) is 88.8 Å². The van der Waals surface area contributed by atoms with Crippen molar-refractivity contribution in [3.05, 3.63) is 95.6 Å². The molecular formula is C25H25N3S. The average Bonchev–Trinajstić information content (AvgIpc) is 2.91. The van der Waals surface area contributed by atoms with E-state index in [0.29, 0.717) is 0 Å². The van der Waals surface area contributed by atoms with Gasteiger partial charge in [0.2, 0.25) is 0 Å². The molecule has 0 saturated heterocycles. The molecule has 0 radical (unpaired) electrons. The summed E-state index contributed by atoms with van der Waals surface area (Å²) in [5.41, 5.74) is 12.7. The van der Waals surface area contributed by atoms with Crippen molar-refractivity contribution in [1.29, 1.82) is 0 Å². The number of rotatable bonds is 5. The van der Waals surface area contributed by atoms with Crippen LogP contribution in [0.4, 0.5) is 11.4 Å². The molecule has 3 aromatic rings. The van der Waals surface area contributed by atoms with Crippen LogP contribution < -0.4 is 10.6 Å². The third kappa shape index (κ3) is 4.72. The van der Waals surface area contributed by atoms with Gasteiger partial charge in [0.05, 0.1) is 12.3 Å². The summed E-state index contributed by atoms with van der Waals surface area (Å²) >= 11 is 1.83. The van der Waals surface area contributed by atoms with Gasteiger partial charge in [0, 0.05) is 41.2 Å². The summed E-state index contributed by atoms with van der Waals surface area (Å²) in [7, 11) is 2.12. The van der Waals surface area contributed by atoms with Crippen LogP contribution in [0.3, 0.4) is 0 Å². The first kappa shape index (κ1) is 19.3. The van der Waals surface area contributed by atoms with E-state index in [9.17, 15) is 0 Å². The maximum atomic E-state index is 6.08. The fraction of sp³-hybridized carbons (Fsp3) is 0.160. The van der Waals surface area contributed by atoms with Crippen molar-refractivity contribution < 1.29 is 0 Å². The molecule has 1 heterocycles. The Kier molecular flexibility index (Phi) is 6.01. The maximum Gasteiger partial charge on any atom is 0.0668 e. The number of hydrogen-bond acceptors (Lipinski definition) is 4. The number of anilines is 2. The SMILES string of the molecule is CN1CCN=C(/C=C/c2cc(N)ccc2SCc2ccccc2)c2ccccc21. The topological polar surface area (TPSA) is 41.6 Å². The Morgan fingerprint density at radius 2 is 1.79 bits per heavy atom. The zero-order valence-corrected chi connectivity index (χ0v) is 17.4. The lowest BCUT2D eigenvalue weighted by molar-refractivity contribution is 0.897. The molecule has 1 aliphatic heterocycles. The molecule has 29 heavy (non-hydrogen) atoms. The zero-order chi connectivity index (χ0) is 20.1. The van der Waals surface area contributed by atoms with Crippen molar-refractivity contribution in [3.8, 4) is 0 Å². The molecule has 0 aromatic heterocycles. The molecule has 4 rings (SSSR count). The van der Waals surface area contributed by atoms with Crippen molar-refractivity contribution >= 4 is 34.9 Å². The Bertz CT molecular complexity index is 1040. The Morgan fingerprint density at radius 3 is 2.66 bits per heavy atom. The van der Waals surface area contributed by atoms with Crippen LogP contribution >= 0.6 is 11.8 Å². The number of likely N-dealkylation sites (N-methyl/N-ethyl adjacent to an activating group) is 1. The quantitative estimate of drug-likeness (QED) is 0.454. The molecule has 0 spiro atoms. The van der Waals surface area contributed by atoms with Gasteiger partial charge in [-0.05, 0) is 41.5 Å². The van der Waals surface area contributed by atoms with Gasteiger partial charge in [-0.2, -0.15) is 0 Å². The predicted molar refractivity (Wildman–Crippen MR) is 127 cm³/mol. The molecule has 0 fully saturated rings. The van der Waals surface area contributed by atoms with E-state index in [1.54, 1.807) is 0 Å². The monoisotopic (exact) mass is 399 g/mol. The Balaban J connectivity index is 1.60. The van der Waals surface area contributed by atoms with Crippen molar-refractivity contribution in [3.63, 3.8) is 0 Å². The number of para-hydroxylation sites is 1. The van der Waals surface area contributed by atoms with E-state index in [1.165, 1.54) is 21.7 Å².